The van der Waals surface area contributed by atoms with Crippen molar-refractivity contribution < 1.29 is 9.53 Å². The van der Waals surface area contributed by atoms with E-state index >= 15 is 0 Å². The molecule has 1 aromatic carbocycles. The molecule has 0 saturated heterocycles. The van der Waals surface area contributed by atoms with E-state index < -0.39 is 0 Å². The van der Waals surface area contributed by atoms with Crippen LogP contribution in [0.15, 0.2) is 35.7 Å². The molecule has 1 aromatic heterocycles. The molecule has 3 heteroatoms. The van der Waals surface area contributed by atoms with Crippen molar-refractivity contribution in [2.45, 2.75) is 19.8 Å². The van der Waals surface area contributed by atoms with Gasteiger partial charge in [-0.1, -0.05) is 32.0 Å². The Morgan fingerprint density at radius 2 is 2.06 bits per heavy atom. The number of carbonyl (C=O) groups excluding carboxylic acids is 1. The van der Waals surface area contributed by atoms with Crippen LogP contribution in [0.4, 0.5) is 0 Å². The van der Waals surface area contributed by atoms with Crippen LogP contribution in [-0.4, -0.2) is 6.29 Å². The van der Waals surface area contributed by atoms with Crippen LogP contribution in [0.1, 0.15) is 35.0 Å². The predicted octanol–water partition coefficient (Wildman–Crippen LogP) is 4.48. The van der Waals surface area contributed by atoms with Gasteiger partial charge in [0.2, 0.25) is 0 Å². The third-order valence-corrected chi connectivity index (χ3v) is 3.32. The number of ether oxygens (including phenoxy) is 1. The molecule has 2 rings (SSSR count). The van der Waals surface area contributed by atoms with Gasteiger partial charge in [0.25, 0.3) is 0 Å². The summed E-state index contributed by atoms with van der Waals surface area (Å²) in [6.07, 6.45) is 0.839. The third-order valence-electron chi connectivity index (χ3n) is 2.48. The highest BCUT2D eigenvalue weighted by Crippen LogP contribution is 2.32. The van der Waals surface area contributed by atoms with E-state index in [1.807, 2.05) is 23.6 Å². The largest absolute Gasteiger partial charge is 0.456 e. The molecule has 2 nitrogen and oxygen atoms in total. The first kappa shape index (κ1) is 11.9. The van der Waals surface area contributed by atoms with Gasteiger partial charge in [-0.2, -0.15) is 0 Å². The lowest BCUT2D eigenvalue weighted by atomic mass is 10.0. The van der Waals surface area contributed by atoms with Gasteiger partial charge in [0.1, 0.15) is 11.5 Å². The standard InChI is InChI=1S/C14H14O2S/c1-10(2)13-5-3-4-6-14(13)16-11-7-12(8-15)17-9-11/h3-10H,1-2H3. The molecule has 0 spiro atoms. The Bertz CT molecular complexity index is 514. The predicted molar refractivity (Wildman–Crippen MR) is 70.3 cm³/mol. The second-order valence-corrected chi connectivity index (χ2v) is 5.04. The molecule has 0 aliphatic carbocycles. The molecule has 0 aliphatic heterocycles. The first-order valence-corrected chi connectivity index (χ1v) is 6.39. The molecular weight excluding hydrogens is 232 g/mol. The van der Waals surface area contributed by atoms with Gasteiger partial charge >= 0.3 is 0 Å². The Kier molecular flexibility index (Phi) is 3.59. The van der Waals surface area contributed by atoms with E-state index in [4.69, 9.17) is 4.74 Å². The minimum atomic E-state index is 0.412. The normalized spacial score (nSPS) is 10.5. The number of thiophene rings is 1. The highest BCUT2D eigenvalue weighted by Gasteiger charge is 2.08. The van der Waals surface area contributed by atoms with Crippen molar-refractivity contribution in [3.8, 4) is 11.5 Å². The molecule has 1 heterocycles. The molecule has 0 fully saturated rings. The quantitative estimate of drug-likeness (QED) is 0.744. The van der Waals surface area contributed by atoms with Gasteiger partial charge in [-0.25, -0.2) is 0 Å². The fraction of sp³-hybridized carbons (Fsp3) is 0.214. The van der Waals surface area contributed by atoms with Gasteiger partial charge in [0, 0.05) is 11.4 Å². The molecule has 0 aliphatic rings. The van der Waals surface area contributed by atoms with Crippen LogP contribution in [0.25, 0.3) is 0 Å². The van der Waals surface area contributed by atoms with Gasteiger partial charge in [-0.05, 0) is 17.5 Å². The van der Waals surface area contributed by atoms with E-state index in [0.717, 1.165) is 17.8 Å². The summed E-state index contributed by atoms with van der Waals surface area (Å²) in [5.41, 5.74) is 1.17. The number of para-hydroxylation sites is 1. The Morgan fingerprint density at radius 3 is 2.71 bits per heavy atom. The molecule has 0 radical (unpaired) electrons. The lowest BCUT2D eigenvalue weighted by molar-refractivity contribution is 0.112. The van der Waals surface area contributed by atoms with E-state index in [0.29, 0.717) is 10.8 Å². The summed E-state index contributed by atoms with van der Waals surface area (Å²) in [6.45, 7) is 4.26. The summed E-state index contributed by atoms with van der Waals surface area (Å²) in [7, 11) is 0. The van der Waals surface area contributed by atoms with Crippen LogP contribution in [0.5, 0.6) is 11.5 Å². The molecule has 0 bridgehead atoms. The van der Waals surface area contributed by atoms with Crippen molar-refractivity contribution in [3.63, 3.8) is 0 Å². The van der Waals surface area contributed by atoms with Crippen LogP contribution in [-0.2, 0) is 0 Å². The van der Waals surface area contributed by atoms with E-state index in [2.05, 4.69) is 19.9 Å². The molecule has 0 unspecified atom stereocenters. The number of rotatable bonds is 4. The van der Waals surface area contributed by atoms with Crippen molar-refractivity contribution >= 4 is 17.6 Å². The maximum absolute atomic E-state index is 10.6. The van der Waals surface area contributed by atoms with E-state index in [-0.39, 0.29) is 0 Å². The Labute approximate surface area is 105 Å². The highest BCUT2D eigenvalue weighted by molar-refractivity contribution is 7.11. The second kappa shape index (κ2) is 5.15. The van der Waals surface area contributed by atoms with Crippen molar-refractivity contribution in [1.29, 1.82) is 0 Å². The number of aldehydes is 1. The van der Waals surface area contributed by atoms with Crippen LogP contribution in [0.2, 0.25) is 0 Å². The van der Waals surface area contributed by atoms with Crippen molar-refractivity contribution in [2.24, 2.45) is 0 Å². The van der Waals surface area contributed by atoms with Crippen LogP contribution < -0.4 is 4.74 Å². The number of hydrogen-bond donors (Lipinski definition) is 0. The SMILES string of the molecule is CC(C)c1ccccc1Oc1csc(C=O)c1. The molecule has 0 saturated carbocycles. The van der Waals surface area contributed by atoms with Crippen molar-refractivity contribution in [3.05, 3.63) is 46.2 Å². The minimum absolute atomic E-state index is 0.412. The maximum atomic E-state index is 10.6. The molecule has 0 N–H and O–H groups in total. The monoisotopic (exact) mass is 246 g/mol. The number of benzene rings is 1. The van der Waals surface area contributed by atoms with Crippen molar-refractivity contribution in [1.82, 2.24) is 0 Å². The Balaban J connectivity index is 2.26. The third kappa shape index (κ3) is 2.74. The lowest BCUT2D eigenvalue weighted by Crippen LogP contribution is -1.92. The zero-order valence-corrected chi connectivity index (χ0v) is 10.7. The molecule has 0 amide bonds. The molecule has 17 heavy (non-hydrogen) atoms. The summed E-state index contributed by atoms with van der Waals surface area (Å²) in [5.74, 6) is 2.00. The van der Waals surface area contributed by atoms with Crippen LogP contribution in [0.3, 0.4) is 0 Å². The Morgan fingerprint density at radius 1 is 1.29 bits per heavy atom. The second-order valence-electron chi connectivity index (χ2n) is 4.10. The topological polar surface area (TPSA) is 26.3 Å². The molecule has 0 atom stereocenters. The fourth-order valence-electron chi connectivity index (χ4n) is 1.63. The summed E-state index contributed by atoms with van der Waals surface area (Å²) >= 11 is 1.39. The van der Waals surface area contributed by atoms with Crippen LogP contribution >= 0.6 is 11.3 Å². The average molecular weight is 246 g/mol. The Hall–Kier alpha value is -1.61. The molecule has 88 valence electrons. The summed E-state index contributed by atoms with van der Waals surface area (Å²) in [5, 5.41) is 1.85. The van der Waals surface area contributed by atoms with Crippen LogP contribution in [0, 0.1) is 0 Å². The first-order valence-electron chi connectivity index (χ1n) is 5.51. The summed E-state index contributed by atoms with van der Waals surface area (Å²) in [4.78, 5) is 11.3. The zero-order valence-electron chi connectivity index (χ0n) is 9.84. The lowest BCUT2D eigenvalue weighted by Gasteiger charge is -2.12. The first-order chi connectivity index (χ1) is 8.20. The summed E-state index contributed by atoms with van der Waals surface area (Å²) in [6, 6.07) is 9.73. The van der Waals surface area contributed by atoms with Crippen molar-refractivity contribution in [2.75, 3.05) is 0 Å². The van der Waals surface area contributed by atoms with Gasteiger partial charge < -0.3 is 4.74 Å². The minimum Gasteiger partial charge on any atom is -0.456 e. The average Bonchev–Trinajstić information content (AvgIpc) is 2.77. The van der Waals surface area contributed by atoms with Gasteiger partial charge in [0.15, 0.2) is 6.29 Å². The maximum Gasteiger partial charge on any atom is 0.160 e. The molecular formula is C14H14O2S. The molecule has 2 aromatic rings. The number of carbonyl (C=O) groups is 1. The fourth-order valence-corrected chi connectivity index (χ4v) is 2.24. The summed E-state index contributed by atoms with van der Waals surface area (Å²) < 4.78 is 5.80. The smallest absolute Gasteiger partial charge is 0.160 e. The zero-order chi connectivity index (χ0) is 12.3. The van der Waals surface area contributed by atoms with Gasteiger partial charge in [0.05, 0.1) is 4.88 Å². The van der Waals surface area contributed by atoms with E-state index in [9.17, 15) is 4.79 Å². The van der Waals surface area contributed by atoms with E-state index in [1.54, 1.807) is 6.07 Å². The van der Waals surface area contributed by atoms with E-state index in [1.165, 1.54) is 16.9 Å². The number of hydrogen-bond acceptors (Lipinski definition) is 3. The van der Waals surface area contributed by atoms with Gasteiger partial charge in [-0.3, -0.25) is 4.79 Å². The van der Waals surface area contributed by atoms with Gasteiger partial charge in [-0.15, -0.1) is 11.3 Å². The highest BCUT2D eigenvalue weighted by atomic mass is 32.1.